The fourth-order valence-electron chi connectivity index (χ4n) is 4.71. The maximum Gasteiger partial charge on any atom is 0.128 e. The molecule has 0 saturated carbocycles. The predicted molar refractivity (Wildman–Crippen MR) is 147 cm³/mol. The van der Waals surface area contributed by atoms with Crippen LogP contribution in [0.2, 0.25) is 0 Å². The van der Waals surface area contributed by atoms with Gasteiger partial charge in [0.05, 0.1) is 0 Å². The minimum atomic E-state index is -0.0794. The zero-order chi connectivity index (χ0) is 24.6. The summed E-state index contributed by atoms with van der Waals surface area (Å²) < 4.78 is 0. The van der Waals surface area contributed by atoms with Gasteiger partial charge in [0.25, 0.3) is 0 Å². The lowest BCUT2D eigenvalue weighted by Crippen LogP contribution is -2.49. The molecule has 0 aromatic heterocycles. The van der Waals surface area contributed by atoms with Crippen LogP contribution >= 0.6 is 0 Å². The van der Waals surface area contributed by atoms with E-state index in [4.69, 9.17) is 10.7 Å². The third-order valence-corrected chi connectivity index (χ3v) is 7.25. The fraction of sp³-hybridized carbons (Fsp3) is 0.567. The van der Waals surface area contributed by atoms with Crippen LogP contribution in [-0.4, -0.2) is 29.4 Å². The van der Waals surface area contributed by atoms with Gasteiger partial charge in [0.2, 0.25) is 0 Å². The number of unbranched alkanes of at least 4 members (excludes halogenated alkanes) is 1. The van der Waals surface area contributed by atoms with E-state index in [1.165, 1.54) is 35.1 Å². The number of aryl methyl sites for hydroxylation is 2. The number of hydrogen-bond acceptors (Lipinski definition) is 2. The van der Waals surface area contributed by atoms with Gasteiger partial charge >= 0.3 is 0 Å². The van der Waals surface area contributed by atoms with E-state index < -0.39 is 0 Å². The Balaban J connectivity index is 2.44. The van der Waals surface area contributed by atoms with E-state index >= 15 is 0 Å². The number of piperidine rings is 1. The molecule has 2 rings (SSSR count). The molecule has 1 aliphatic heterocycles. The van der Waals surface area contributed by atoms with Crippen LogP contribution in [0.25, 0.3) is 5.57 Å². The van der Waals surface area contributed by atoms with Crippen molar-refractivity contribution < 1.29 is 0 Å². The highest BCUT2D eigenvalue weighted by Gasteiger charge is 2.27. The zero-order valence-corrected chi connectivity index (χ0v) is 22.1. The van der Waals surface area contributed by atoms with Crippen molar-refractivity contribution in [3.8, 4) is 0 Å². The Hall–Kier alpha value is -2.13. The Kier molecular flexibility index (Phi) is 10.2. The molecule has 0 bridgehead atoms. The quantitative estimate of drug-likeness (QED) is 0.231. The highest BCUT2D eigenvalue weighted by Crippen LogP contribution is 2.34. The largest absolute Gasteiger partial charge is 0.356 e. The molecule has 1 aromatic carbocycles. The number of benzene rings is 1. The molecule has 1 atom stereocenters. The Morgan fingerprint density at radius 3 is 2.42 bits per heavy atom. The van der Waals surface area contributed by atoms with E-state index in [0.29, 0.717) is 5.92 Å². The van der Waals surface area contributed by atoms with Crippen LogP contribution in [0.4, 0.5) is 0 Å². The van der Waals surface area contributed by atoms with E-state index in [0.717, 1.165) is 62.3 Å². The molecular formula is C30H47N3. The van der Waals surface area contributed by atoms with Crippen molar-refractivity contribution in [2.45, 2.75) is 92.0 Å². The Morgan fingerprint density at radius 2 is 1.88 bits per heavy atom. The lowest BCUT2D eigenvalue weighted by atomic mass is 9.85. The summed E-state index contributed by atoms with van der Waals surface area (Å²) in [5.41, 5.74) is 13.8. The van der Waals surface area contributed by atoms with Crippen LogP contribution in [-0.2, 0) is 12.8 Å². The van der Waals surface area contributed by atoms with Gasteiger partial charge in [-0.25, -0.2) is 4.99 Å². The number of allylic oxidation sites excluding steroid dienone is 3. The van der Waals surface area contributed by atoms with Gasteiger partial charge in [-0.2, -0.15) is 0 Å². The molecule has 1 aromatic rings. The summed E-state index contributed by atoms with van der Waals surface area (Å²) >= 11 is 0. The number of nitrogens with zero attached hydrogens (tertiary/aromatic N) is 2. The summed E-state index contributed by atoms with van der Waals surface area (Å²) in [5, 5.41) is 0. The van der Waals surface area contributed by atoms with Crippen molar-refractivity contribution in [3.63, 3.8) is 0 Å². The third-order valence-electron chi connectivity index (χ3n) is 7.25. The molecular weight excluding hydrogens is 402 g/mol. The molecule has 33 heavy (non-hydrogen) atoms. The Labute approximate surface area is 203 Å². The normalized spacial score (nSPS) is 18.0. The summed E-state index contributed by atoms with van der Waals surface area (Å²) in [6.07, 6.45) is 9.52. The van der Waals surface area contributed by atoms with Gasteiger partial charge in [0, 0.05) is 24.3 Å². The monoisotopic (exact) mass is 449 g/mol. The average Bonchev–Trinajstić information content (AvgIpc) is 2.81. The van der Waals surface area contributed by atoms with Crippen LogP contribution < -0.4 is 5.73 Å². The molecule has 0 amide bonds. The van der Waals surface area contributed by atoms with E-state index in [-0.39, 0.29) is 5.54 Å². The summed E-state index contributed by atoms with van der Waals surface area (Å²) in [4.78, 5) is 7.41. The van der Waals surface area contributed by atoms with Crippen molar-refractivity contribution in [1.82, 2.24) is 4.90 Å². The minimum absolute atomic E-state index is 0.0794. The van der Waals surface area contributed by atoms with Crippen LogP contribution in [0.1, 0.15) is 90.3 Å². The van der Waals surface area contributed by atoms with Gasteiger partial charge in [-0.1, -0.05) is 65.5 Å². The Morgan fingerprint density at radius 1 is 1.21 bits per heavy atom. The first-order valence-electron chi connectivity index (χ1n) is 12.9. The molecule has 0 radical (unpaired) electrons. The van der Waals surface area contributed by atoms with Gasteiger partial charge in [-0.05, 0) is 92.2 Å². The highest BCUT2D eigenvalue weighted by molar-refractivity contribution is 5.93. The second kappa shape index (κ2) is 12.4. The van der Waals surface area contributed by atoms with Crippen LogP contribution in [0.3, 0.4) is 0 Å². The second-order valence-corrected chi connectivity index (χ2v) is 10.0. The van der Waals surface area contributed by atoms with Gasteiger partial charge in [-0.3, -0.25) is 0 Å². The fourth-order valence-corrected chi connectivity index (χ4v) is 4.71. The third kappa shape index (κ3) is 7.17. The van der Waals surface area contributed by atoms with Crippen molar-refractivity contribution in [1.29, 1.82) is 0 Å². The van der Waals surface area contributed by atoms with Crippen molar-refractivity contribution in [2.75, 3.05) is 13.1 Å². The molecule has 1 aliphatic rings. The number of aliphatic imine (C=N–C) groups is 1. The highest BCUT2D eigenvalue weighted by atomic mass is 15.2. The average molecular weight is 450 g/mol. The number of hydrogen-bond donors (Lipinski definition) is 1. The minimum Gasteiger partial charge on any atom is -0.356 e. The molecule has 3 nitrogen and oxygen atoms in total. The maximum atomic E-state index is 6.34. The van der Waals surface area contributed by atoms with Crippen LogP contribution in [0, 0.1) is 5.92 Å². The number of rotatable bonds is 10. The number of likely N-dealkylation sites (tertiary alicyclic amines) is 1. The molecule has 1 fully saturated rings. The van der Waals surface area contributed by atoms with Crippen molar-refractivity contribution in [3.05, 3.63) is 65.4 Å². The van der Waals surface area contributed by atoms with Gasteiger partial charge < -0.3 is 10.6 Å². The molecule has 2 N–H and O–H groups in total. The van der Waals surface area contributed by atoms with Crippen LogP contribution in [0.5, 0.6) is 0 Å². The number of nitrogens with two attached hydrogens (primary N) is 1. The topological polar surface area (TPSA) is 41.6 Å². The zero-order valence-electron chi connectivity index (χ0n) is 22.1. The molecule has 1 heterocycles. The first kappa shape index (κ1) is 27.1. The second-order valence-electron chi connectivity index (χ2n) is 10.0. The first-order valence-corrected chi connectivity index (χ1v) is 12.9. The van der Waals surface area contributed by atoms with Gasteiger partial charge in [-0.15, -0.1) is 0 Å². The maximum absolute atomic E-state index is 6.34. The standard InChI is InChI=1S/C30H47N3/c1-9-13-14-27-21-26(16-15-25(27)11-3)23(6)29(22(5)10-2)24(7)32-28(12-4)33-19-17-30(8,31)18-20-33/h12,15-16,21-22H,4,6,9-11,13-14,17-20,31H2,1-3,5,7-8H3/b29-24+,32-28?. The SMILES string of the molecule is C=CC(=N/C(C)=C(/C(=C)c1ccc(CC)c(CCCC)c1)C(C)CC)N1CCC(C)(N)CC1. The summed E-state index contributed by atoms with van der Waals surface area (Å²) in [6, 6.07) is 6.92. The molecule has 3 heteroatoms. The van der Waals surface area contributed by atoms with Gasteiger partial charge in [0.15, 0.2) is 0 Å². The van der Waals surface area contributed by atoms with Crippen LogP contribution in [0.15, 0.2) is 53.7 Å². The summed E-state index contributed by atoms with van der Waals surface area (Å²) in [6.45, 7) is 23.8. The summed E-state index contributed by atoms with van der Waals surface area (Å²) in [5.74, 6) is 1.33. The lowest BCUT2D eigenvalue weighted by molar-refractivity contribution is 0.245. The molecule has 1 saturated heterocycles. The molecule has 0 spiro atoms. The molecule has 0 aliphatic carbocycles. The van der Waals surface area contributed by atoms with E-state index in [1.54, 1.807) is 0 Å². The smallest absolute Gasteiger partial charge is 0.128 e. The van der Waals surface area contributed by atoms with Crippen molar-refractivity contribution >= 4 is 11.4 Å². The van der Waals surface area contributed by atoms with E-state index in [1.807, 2.05) is 6.08 Å². The van der Waals surface area contributed by atoms with E-state index in [9.17, 15) is 0 Å². The first-order chi connectivity index (χ1) is 15.7. The number of amidine groups is 1. The van der Waals surface area contributed by atoms with Crippen molar-refractivity contribution in [2.24, 2.45) is 16.6 Å². The Bertz CT molecular complexity index is 878. The molecule has 1 unspecified atom stereocenters. The predicted octanol–water partition coefficient (Wildman–Crippen LogP) is 7.32. The summed E-state index contributed by atoms with van der Waals surface area (Å²) in [7, 11) is 0. The molecule has 182 valence electrons. The lowest BCUT2D eigenvalue weighted by Gasteiger charge is -2.37. The van der Waals surface area contributed by atoms with E-state index in [2.05, 4.69) is 77.8 Å². The van der Waals surface area contributed by atoms with Gasteiger partial charge in [0.1, 0.15) is 5.84 Å².